The summed E-state index contributed by atoms with van der Waals surface area (Å²) in [5.74, 6) is 0. The topological polar surface area (TPSA) is 6.48 Å². The highest BCUT2D eigenvalue weighted by Gasteiger charge is 2.36. The molecule has 7 aromatic carbocycles. The molecule has 0 heterocycles. The summed E-state index contributed by atoms with van der Waals surface area (Å²) in [5, 5.41) is 0. The van der Waals surface area contributed by atoms with Gasteiger partial charge in [-0.2, -0.15) is 0 Å². The van der Waals surface area contributed by atoms with E-state index in [0.29, 0.717) is 0 Å². The first-order chi connectivity index (χ1) is 26.5. The van der Waals surface area contributed by atoms with E-state index < -0.39 is 0 Å². The molecule has 0 unspecified atom stereocenters. The second-order valence-electron chi connectivity index (χ2n) is 16.6. The van der Waals surface area contributed by atoms with Crippen molar-refractivity contribution in [3.05, 3.63) is 203 Å². The molecule has 2 nitrogen and oxygen atoms in total. The predicted molar refractivity (Wildman–Crippen MR) is 237 cm³/mol. The van der Waals surface area contributed by atoms with Gasteiger partial charge in [0.25, 0.3) is 0 Å². The number of hydrogen-bond acceptors (Lipinski definition) is 2. The smallest absolute Gasteiger partial charge is 0.0466 e. The van der Waals surface area contributed by atoms with E-state index in [-0.39, 0.29) is 10.8 Å². The van der Waals surface area contributed by atoms with E-state index in [4.69, 9.17) is 0 Å². The third-order valence-corrected chi connectivity index (χ3v) is 11.0. The predicted octanol–water partition coefficient (Wildman–Crippen LogP) is 15.0. The number of fused-ring (bicyclic) bond motifs is 3. The van der Waals surface area contributed by atoms with Crippen molar-refractivity contribution in [1.29, 1.82) is 0 Å². The number of anilines is 6. The quantitative estimate of drug-likeness (QED) is 0.145. The standard InChI is InChI=1S/C53H50N2/c1-37-32-38(2)34-47(33-37)55(45-27-23-41(24-28-45)52(3,4)5)44-25-20-39(21-26-44)18-19-40-22-30-48-49-31-29-46(36-51(49)53(6,7)50(48)35-40)54(42-14-10-8-11-15-42)43-16-12-9-13-17-43/h8-36H,1-7H3. The summed E-state index contributed by atoms with van der Waals surface area (Å²) in [5.41, 5.74) is 18.5. The van der Waals surface area contributed by atoms with Gasteiger partial charge < -0.3 is 9.80 Å². The first-order valence-corrected chi connectivity index (χ1v) is 19.4. The summed E-state index contributed by atoms with van der Waals surface area (Å²) in [7, 11) is 0. The summed E-state index contributed by atoms with van der Waals surface area (Å²) in [6, 6.07) is 60.0. The lowest BCUT2D eigenvalue weighted by Crippen LogP contribution is -2.16. The van der Waals surface area contributed by atoms with Crippen LogP contribution < -0.4 is 9.80 Å². The number of rotatable bonds is 8. The Morgan fingerprint density at radius 2 is 0.855 bits per heavy atom. The maximum atomic E-state index is 2.40. The van der Waals surface area contributed by atoms with Crippen molar-refractivity contribution in [2.45, 2.75) is 59.3 Å². The molecule has 272 valence electrons. The van der Waals surface area contributed by atoms with Gasteiger partial charge in [-0.3, -0.25) is 0 Å². The minimum absolute atomic E-state index is 0.104. The molecule has 0 aromatic heterocycles. The zero-order chi connectivity index (χ0) is 38.3. The van der Waals surface area contributed by atoms with E-state index in [1.807, 2.05) is 0 Å². The van der Waals surface area contributed by atoms with Crippen LogP contribution in [0, 0.1) is 13.8 Å². The Balaban J connectivity index is 1.07. The third-order valence-electron chi connectivity index (χ3n) is 11.0. The zero-order valence-electron chi connectivity index (χ0n) is 33.1. The second-order valence-corrected chi connectivity index (χ2v) is 16.6. The van der Waals surface area contributed by atoms with Crippen LogP contribution in [0.5, 0.6) is 0 Å². The van der Waals surface area contributed by atoms with Gasteiger partial charge in [-0.05, 0) is 142 Å². The zero-order valence-corrected chi connectivity index (χ0v) is 33.1. The second kappa shape index (κ2) is 14.3. The summed E-state index contributed by atoms with van der Waals surface area (Å²) in [4.78, 5) is 4.72. The van der Waals surface area contributed by atoms with Gasteiger partial charge in [0.1, 0.15) is 0 Å². The molecule has 0 N–H and O–H groups in total. The maximum Gasteiger partial charge on any atom is 0.0466 e. The van der Waals surface area contributed by atoms with E-state index in [2.05, 4.69) is 234 Å². The molecule has 0 aliphatic heterocycles. The summed E-state index contributed by atoms with van der Waals surface area (Å²) >= 11 is 0. The van der Waals surface area contributed by atoms with Crippen LogP contribution in [0.25, 0.3) is 23.3 Å². The Labute approximate surface area is 328 Å². The van der Waals surface area contributed by atoms with Gasteiger partial charge in [0, 0.05) is 39.5 Å². The molecule has 0 fully saturated rings. The molecule has 0 atom stereocenters. The maximum absolute atomic E-state index is 2.40. The van der Waals surface area contributed by atoms with Crippen LogP contribution in [0.4, 0.5) is 34.1 Å². The molecule has 2 heteroatoms. The Kier molecular flexibility index (Phi) is 9.31. The van der Waals surface area contributed by atoms with E-state index in [0.717, 1.165) is 22.7 Å². The molecule has 0 spiro atoms. The lowest BCUT2D eigenvalue weighted by molar-refractivity contribution is 0.590. The summed E-state index contributed by atoms with van der Waals surface area (Å²) in [6.07, 6.45) is 4.48. The average Bonchev–Trinajstić information content (AvgIpc) is 3.40. The SMILES string of the molecule is Cc1cc(C)cc(N(c2ccc(C=Cc3ccc4c(c3)C(C)(C)c3cc(N(c5ccccc5)c5ccccc5)ccc3-4)cc2)c2ccc(C(C)(C)C)cc2)c1. The lowest BCUT2D eigenvalue weighted by atomic mass is 9.81. The van der Waals surface area contributed by atoms with Crippen LogP contribution in [-0.2, 0) is 10.8 Å². The summed E-state index contributed by atoms with van der Waals surface area (Å²) < 4.78 is 0. The van der Waals surface area contributed by atoms with Crippen LogP contribution in [0.15, 0.2) is 164 Å². The van der Waals surface area contributed by atoms with Crippen LogP contribution in [-0.4, -0.2) is 0 Å². The summed E-state index contributed by atoms with van der Waals surface area (Å²) in [6.45, 7) is 15.9. The van der Waals surface area contributed by atoms with Crippen molar-refractivity contribution >= 4 is 46.3 Å². The average molecular weight is 715 g/mol. The fourth-order valence-corrected chi connectivity index (χ4v) is 8.15. The molecule has 0 saturated carbocycles. The monoisotopic (exact) mass is 714 g/mol. The molecule has 8 rings (SSSR count). The number of para-hydroxylation sites is 2. The van der Waals surface area contributed by atoms with Crippen molar-refractivity contribution in [2.75, 3.05) is 9.80 Å². The van der Waals surface area contributed by atoms with Gasteiger partial charge >= 0.3 is 0 Å². The Bertz CT molecular complexity index is 2420. The van der Waals surface area contributed by atoms with E-state index in [9.17, 15) is 0 Å². The molecular formula is C53H50N2. The Morgan fingerprint density at radius 1 is 0.418 bits per heavy atom. The number of hydrogen-bond donors (Lipinski definition) is 0. The van der Waals surface area contributed by atoms with Crippen LogP contribution in [0.2, 0.25) is 0 Å². The van der Waals surface area contributed by atoms with E-state index >= 15 is 0 Å². The van der Waals surface area contributed by atoms with Gasteiger partial charge in [-0.1, -0.05) is 138 Å². The van der Waals surface area contributed by atoms with Gasteiger partial charge in [-0.25, -0.2) is 0 Å². The molecule has 1 aliphatic rings. The van der Waals surface area contributed by atoms with Crippen molar-refractivity contribution < 1.29 is 0 Å². The minimum atomic E-state index is -0.145. The molecule has 0 radical (unpaired) electrons. The molecule has 55 heavy (non-hydrogen) atoms. The highest BCUT2D eigenvalue weighted by molar-refractivity contribution is 5.87. The minimum Gasteiger partial charge on any atom is -0.310 e. The fraction of sp³-hybridized carbons (Fsp3) is 0.170. The molecule has 1 aliphatic carbocycles. The Hall–Kier alpha value is -6.12. The van der Waals surface area contributed by atoms with Gasteiger partial charge in [0.15, 0.2) is 0 Å². The van der Waals surface area contributed by atoms with Crippen molar-refractivity contribution in [2.24, 2.45) is 0 Å². The van der Waals surface area contributed by atoms with E-state index in [1.54, 1.807) is 0 Å². The molecule has 0 amide bonds. The molecule has 0 bridgehead atoms. The molecule has 0 saturated heterocycles. The Morgan fingerprint density at radius 3 is 1.42 bits per heavy atom. The van der Waals surface area contributed by atoms with Crippen molar-refractivity contribution in [3.63, 3.8) is 0 Å². The number of benzene rings is 7. The molecular weight excluding hydrogens is 665 g/mol. The first-order valence-electron chi connectivity index (χ1n) is 19.4. The van der Waals surface area contributed by atoms with Crippen LogP contribution in [0.1, 0.15) is 73.6 Å². The van der Waals surface area contributed by atoms with Gasteiger partial charge in [-0.15, -0.1) is 0 Å². The van der Waals surface area contributed by atoms with Crippen LogP contribution in [0.3, 0.4) is 0 Å². The van der Waals surface area contributed by atoms with Crippen molar-refractivity contribution in [1.82, 2.24) is 0 Å². The number of nitrogens with zero attached hydrogens (tertiary/aromatic N) is 2. The van der Waals surface area contributed by atoms with Crippen LogP contribution >= 0.6 is 0 Å². The van der Waals surface area contributed by atoms with E-state index in [1.165, 1.54) is 61.4 Å². The third kappa shape index (κ3) is 7.13. The highest BCUT2D eigenvalue weighted by Crippen LogP contribution is 2.51. The number of aryl methyl sites for hydroxylation is 2. The van der Waals surface area contributed by atoms with Gasteiger partial charge in [0.2, 0.25) is 0 Å². The first kappa shape index (κ1) is 35.9. The van der Waals surface area contributed by atoms with Crippen molar-refractivity contribution in [3.8, 4) is 11.1 Å². The lowest BCUT2D eigenvalue weighted by Gasteiger charge is -2.28. The normalized spacial score (nSPS) is 13.1. The molecule has 7 aromatic rings. The van der Waals surface area contributed by atoms with Gasteiger partial charge in [0.05, 0.1) is 0 Å². The largest absolute Gasteiger partial charge is 0.310 e. The highest BCUT2D eigenvalue weighted by atomic mass is 15.1. The fourth-order valence-electron chi connectivity index (χ4n) is 8.15.